The highest BCUT2D eigenvalue weighted by Crippen LogP contribution is 2.14. The van der Waals surface area contributed by atoms with E-state index in [0.29, 0.717) is 19.3 Å². The average Bonchev–Trinajstić information content (AvgIpc) is 3.24. The van der Waals surface area contributed by atoms with Crippen LogP contribution in [0.3, 0.4) is 0 Å². The first kappa shape index (κ1) is 57.1. The Morgan fingerprint density at radius 1 is 0.350 bits per heavy atom. The van der Waals surface area contributed by atoms with Gasteiger partial charge in [-0.25, -0.2) is 0 Å². The number of esters is 3. The summed E-state index contributed by atoms with van der Waals surface area (Å²) in [5.41, 5.74) is 0. The molecule has 1 unspecified atom stereocenters. The van der Waals surface area contributed by atoms with Gasteiger partial charge in [0.25, 0.3) is 0 Å². The predicted molar refractivity (Wildman–Crippen MR) is 256 cm³/mol. The maximum Gasteiger partial charge on any atom is 0.306 e. The van der Waals surface area contributed by atoms with E-state index in [0.717, 1.165) is 109 Å². The van der Waals surface area contributed by atoms with Crippen molar-refractivity contribution in [1.82, 2.24) is 0 Å². The topological polar surface area (TPSA) is 78.9 Å². The number of hydrogen-bond donors (Lipinski definition) is 0. The molecule has 0 fully saturated rings. The van der Waals surface area contributed by atoms with Crippen LogP contribution in [0.2, 0.25) is 0 Å². The molecule has 0 heterocycles. The molecule has 0 aromatic rings. The maximum atomic E-state index is 12.8. The minimum Gasteiger partial charge on any atom is -0.462 e. The Hall–Kier alpha value is -2.89. The summed E-state index contributed by atoms with van der Waals surface area (Å²) < 4.78 is 16.8. The number of allylic oxidation sites excluding steroid dienone is 10. The molecule has 1 atom stereocenters. The molecule has 0 aliphatic heterocycles. The minimum absolute atomic E-state index is 0.0838. The second-order valence-corrected chi connectivity index (χ2v) is 16.7. The second-order valence-electron chi connectivity index (χ2n) is 16.7. The van der Waals surface area contributed by atoms with Gasteiger partial charge in [0.1, 0.15) is 13.2 Å². The van der Waals surface area contributed by atoms with Gasteiger partial charge in [-0.3, -0.25) is 14.4 Å². The van der Waals surface area contributed by atoms with E-state index in [-0.39, 0.29) is 31.1 Å². The third kappa shape index (κ3) is 46.2. The number of hydrogen-bond acceptors (Lipinski definition) is 6. The zero-order chi connectivity index (χ0) is 43.7. The molecule has 0 aromatic carbocycles. The maximum absolute atomic E-state index is 12.8. The molecule has 6 nitrogen and oxygen atoms in total. The van der Waals surface area contributed by atoms with Gasteiger partial charge in [0, 0.05) is 19.3 Å². The zero-order valence-corrected chi connectivity index (χ0v) is 39.5. The van der Waals surface area contributed by atoms with Gasteiger partial charge in [-0.1, -0.05) is 204 Å². The first-order valence-corrected chi connectivity index (χ1v) is 25.3. The third-order valence-electron chi connectivity index (χ3n) is 10.8. The minimum atomic E-state index is -0.785. The Labute approximate surface area is 370 Å². The lowest BCUT2D eigenvalue weighted by molar-refractivity contribution is -0.167. The van der Waals surface area contributed by atoms with E-state index in [1.54, 1.807) is 0 Å². The summed E-state index contributed by atoms with van der Waals surface area (Å²) in [6, 6.07) is 0. The van der Waals surface area contributed by atoms with Crippen LogP contribution in [0.4, 0.5) is 0 Å². The van der Waals surface area contributed by atoms with E-state index >= 15 is 0 Å². The van der Waals surface area contributed by atoms with Crippen LogP contribution in [0.15, 0.2) is 60.8 Å². The normalized spacial score (nSPS) is 12.5. The summed E-state index contributed by atoms with van der Waals surface area (Å²) in [6.45, 7) is 6.48. The fraction of sp³-hybridized carbons (Fsp3) is 0.759. The summed E-state index contributed by atoms with van der Waals surface area (Å²) in [5, 5.41) is 0. The highest BCUT2D eigenvalue weighted by atomic mass is 16.6. The van der Waals surface area contributed by atoms with Gasteiger partial charge < -0.3 is 14.2 Å². The number of carbonyl (C=O) groups is 3. The number of ether oxygens (including phenoxy) is 3. The largest absolute Gasteiger partial charge is 0.462 e. The Morgan fingerprint density at radius 3 is 1.05 bits per heavy atom. The number of unbranched alkanes of at least 4 members (excludes halogenated alkanes) is 24. The molecule has 0 bridgehead atoms. The third-order valence-corrected chi connectivity index (χ3v) is 10.8. The fourth-order valence-corrected chi connectivity index (χ4v) is 6.96. The van der Waals surface area contributed by atoms with Crippen LogP contribution in [0.1, 0.15) is 245 Å². The van der Waals surface area contributed by atoms with Crippen molar-refractivity contribution in [1.29, 1.82) is 0 Å². The molecule has 0 aromatic heterocycles. The first-order chi connectivity index (χ1) is 29.5. The van der Waals surface area contributed by atoms with E-state index in [4.69, 9.17) is 14.2 Å². The Balaban J connectivity index is 4.42. The van der Waals surface area contributed by atoms with Crippen molar-refractivity contribution in [2.75, 3.05) is 13.2 Å². The fourth-order valence-electron chi connectivity index (χ4n) is 6.96. The van der Waals surface area contributed by atoms with E-state index in [1.165, 1.54) is 96.3 Å². The monoisotopic (exact) mass is 839 g/mol. The predicted octanol–water partition coefficient (Wildman–Crippen LogP) is 16.5. The number of carbonyl (C=O) groups excluding carboxylic acids is 3. The second kappa shape index (κ2) is 48.8. The molecule has 346 valence electrons. The van der Waals surface area contributed by atoms with Crippen molar-refractivity contribution in [3.05, 3.63) is 60.8 Å². The van der Waals surface area contributed by atoms with Gasteiger partial charge in [0.2, 0.25) is 0 Å². The van der Waals surface area contributed by atoms with Crippen molar-refractivity contribution in [3.63, 3.8) is 0 Å². The van der Waals surface area contributed by atoms with Gasteiger partial charge >= 0.3 is 17.9 Å². The van der Waals surface area contributed by atoms with Crippen LogP contribution in [0.5, 0.6) is 0 Å². The van der Waals surface area contributed by atoms with Crippen molar-refractivity contribution in [2.24, 2.45) is 0 Å². The highest BCUT2D eigenvalue weighted by molar-refractivity contribution is 5.71. The lowest BCUT2D eigenvalue weighted by atomic mass is 10.0. The van der Waals surface area contributed by atoms with E-state index < -0.39 is 6.10 Å². The van der Waals surface area contributed by atoms with Crippen LogP contribution in [-0.2, 0) is 28.6 Å². The first-order valence-electron chi connectivity index (χ1n) is 25.3. The summed E-state index contributed by atoms with van der Waals surface area (Å²) >= 11 is 0. The molecule has 0 amide bonds. The van der Waals surface area contributed by atoms with Gasteiger partial charge in [0.05, 0.1) is 0 Å². The van der Waals surface area contributed by atoms with Gasteiger partial charge in [-0.2, -0.15) is 0 Å². The summed E-state index contributed by atoms with van der Waals surface area (Å²) in [5.74, 6) is -0.914. The Bertz CT molecular complexity index is 1100. The molecule has 0 saturated carbocycles. The lowest BCUT2D eigenvalue weighted by Crippen LogP contribution is -2.30. The Morgan fingerprint density at radius 2 is 0.650 bits per heavy atom. The van der Waals surface area contributed by atoms with E-state index in [2.05, 4.69) is 81.5 Å². The summed E-state index contributed by atoms with van der Waals surface area (Å²) in [6.07, 6.45) is 59.1. The van der Waals surface area contributed by atoms with Crippen LogP contribution in [-0.4, -0.2) is 37.2 Å². The standard InChI is InChI=1S/C54H94O6/c1-4-7-10-13-16-19-22-25-26-27-28-30-32-35-38-41-44-47-53(56)59-50-51(49-58-52(55)46-43-40-37-34-31-24-21-18-15-12-9-6-3)60-54(57)48-45-42-39-36-33-29-23-20-17-14-11-8-5-2/h7,10,16,19-20,23,25-26,28,30,51H,4-6,8-9,11-15,17-18,21-22,24,27,29,31-50H2,1-3H3/b10-7-,19-16-,23-20-,26-25-,30-28-. The van der Waals surface area contributed by atoms with Crippen molar-refractivity contribution in [2.45, 2.75) is 252 Å². The molecule has 0 aliphatic rings. The van der Waals surface area contributed by atoms with Crippen molar-refractivity contribution in [3.8, 4) is 0 Å². The van der Waals surface area contributed by atoms with E-state index in [9.17, 15) is 14.4 Å². The highest BCUT2D eigenvalue weighted by Gasteiger charge is 2.19. The van der Waals surface area contributed by atoms with Gasteiger partial charge in [-0.05, 0) is 83.5 Å². The van der Waals surface area contributed by atoms with Crippen LogP contribution in [0, 0.1) is 0 Å². The molecular formula is C54H94O6. The molecule has 6 heteroatoms. The molecule has 0 spiro atoms. The van der Waals surface area contributed by atoms with Gasteiger partial charge in [-0.15, -0.1) is 0 Å². The molecule has 0 radical (unpaired) electrons. The molecule has 0 saturated heterocycles. The quantitative estimate of drug-likeness (QED) is 0.0263. The summed E-state index contributed by atoms with van der Waals surface area (Å²) in [4.78, 5) is 37.9. The molecule has 60 heavy (non-hydrogen) atoms. The lowest BCUT2D eigenvalue weighted by Gasteiger charge is -2.18. The van der Waals surface area contributed by atoms with Crippen LogP contribution in [0.25, 0.3) is 0 Å². The smallest absolute Gasteiger partial charge is 0.306 e. The van der Waals surface area contributed by atoms with Crippen LogP contribution < -0.4 is 0 Å². The zero-order valence-electron chi connectivity index (χ0n) is 39.5. The molecule has 0 N–H and O–H groups in total. The van der Waals surface area contributed by atoms with Crippen LogP contribution >= 0.6 is 0 Å². The van der Waals surface area contributed by atoms with Crippen molar-refractivity contribution < 1.29 is 28.6 Å². The van der Waals surface area contributed by atoms with Gasteiger partial charge in [0.15, 0.2) is 6.10 Å². The van der Waals surface area contributed by atoms with Crippen molar-refractivity contribution >= 4 is 17.9 Å². The molecule has 0 aliphatic carbocycles. The average molecular weight is 839 g/mol. The molecular weight excluding hydrogens is 745 g/mol. The Kier molecular flexibility index (Phi) is 46.4. The SMILES string of the molecule is CC/C=C\C/C=C\C/C=C\C/C=C\CCCCCCC(=O)OCC(COC(=O)CCCCCCCCCCCCCC)OC(=O)CCCCCCC/C=C\CCCCCC. The summed E-state index contributed by atoms with van der Waals surface area (Å²) in [7, 11) is 0. The molecule has 0 rings (SSSR count). The van der Waals surface area contributed by atoms with E-state index in [1.807, 2.05) is 0 Å². The number of rotatable bonds is 45.